The van der Waals surface area contributed by atoms with Crippen molar-refractivity contribution in [1.29, 1.82) is 0 Å². The number of fused-ring (bicyclic) bond motifs is 3. The van der Waals surface area contributed by atoms with E-state index in [2.05, 4.69) is 20.6 Å². The number of benzene rings is 1. The Morgan fingerprint density at radius 2 is 1.66 bits per heavy atom. The molecule has 3 heterocycles. The maximum absolute atomic E-state index is 10.1. The minimum absolute atomic E-state index is 0.0620. The molecular weight excluding hydrogens is 452 g/mol. The molecule has 4 atom stereocenters. The molecule has 35 heavy (non-hydrogen) atoms. The molecule has 11 heteroatoms. The lowest BCUT2D eigenvalue weighted by Crippen LogP contribution is -2.48. The van der Waals surface area contributed by atoms with Crippen LogP contribution in [0.3, 0.4) is 0 Å². The van der Waals surface area contributed by atoms with Crippen molar-refractivity contribution in [2.24, 2.45) is 0 Å². The molecule has 4 aromatic rings. The average Bonchev–Trinajstić information content (AvgIpc) is 3.35. The van der Waals surface area contributed by atoms with Gasteiger partial charge < -0.3 is 36.2 Å². The van der Waals surface area contributed by atoms with Crippen molar-refractivity contribution >= 4 is 28.2 Å². The summed E-state index contributed by atoms with van der Waals surface area (Å²) in [5, 5.41) is 54.5. The van der Waals surface area contributed by atoms with Crippen LogP contribution < -0.4 is 10.6 Å². The minimum atomic E-state index is -1.66. The Kier molecular flexibility index (Phi) is 7.55. The number of imidazole rings is 1. The van der Waals surface area contributed by atoms with Gasteiger partial charge in [0, 0.05) is 18.8 Å². The van der Waals surface area contributed by atoms with E-state index >= 15 is 0 Å². The summed E-state index contributed by atoms with van der Waals surface area (Å²) in [5.41, 5.74) is 5.93. The average molecular weight is 483 g/mol. The zero-order valence-corrected chi connectivity index (χ0v) is 19.5. The first kappa shape index (κ1) is 24.9. The Bertz CT molecular complexity index is 1290. The number of para-hydroxylation sites is 1. The number of aliphatic hydroxyl groups is 5. The molecule has 0 aliphatic heterocycles. The van der Waals surface area contributed by atoms with Crippen molar-refractivity contribution in [3.05, 3.63) is 59.7 Å². The normalized spacial score (nSPS) is 15.3. The third kappa shape index (κ3) is 5.25. The van der Waals surface area contributed by atoms with E-state index in [9.17, 15) is 20.4 Å². The molecule has 0 fully saturated rings. The number of hydrogen-bond acceptors (Lipinski definition) is 10. The molecule has 0 radical (unpaired) electrons. The number of pyridine rings is 1. The highest BCUT2D eigenvalue weighted by Gasteiger charge is 2.29. The highest BCUT2D eigenvalue weighted by molar-refractivity contribution is 5.84. The number of aromatic nitrogens is 4. The van der Waals surface area contributed by atoms with Crippen LogP contribution in [-0.2, 0) is 6.54 Å². The van der Waals surface area contributed by atoms with Crippen LogP contribution in [-0.4, -0.2) is 82.5 Å². The highest BCUT2D eigenvalue weighted by atomic mass is 16.4. The van der Waals surface area contributed by atoms with Gasteiger partial charge in [0.05, 0.1) is 24.6 Å². The second kappa shape index (κ2) is 10.6. The summed E-state index contributed by atoms with van der Waals surface area (Å²) >= 11 is 0. The van der Waals surface area contributed by atoms with E-state index in [1.54, 1.807) is 18.6 Å². The van der Waals surface area contributed by atoms with Crippen LogP contribution in [0.5, 0.6) is 0 Å². The van der Waals surface area contributed by atoms with E-state index in [-0.39, 0.29) is 13.1 Å². The van der Waals surface area contributed by atoms with Gasteiger partial charge in [0.15, 0.2) is 11.5 Å². The van der Waals surface area contributed by atoms with E-state index in [4.69, 9.17) is 10.1 Å². The van der Waals surface area contributed by atoms with Crippen LogP contribution in [0.15, 0.2) is 42.9 Å². The number of rotatable bonds is 10. The van der Waals surface area contributed by atoms with Gasteiger partial charge in [0.25, 0.3) is 0 Å². The summed E-state index contributed by atoms with van der Waals surface area (Å²) in [6, 6.07) is 9.74. The van der Waals surface area contributed by atoms with Crippen LogP contribution in [0.4, 0.5) is 11.5 Å². The van der Waals surface area contributed by atoms with Gasteiger partial charge in [-0.2, -0.15) is 0 Å². The number of anilines is 2. The van der Waals surface area contributed by atoms with Gasteiger partial charge in [-0.05, 0) is 37.1 Å². The fourth-order valence-corrected chi connectivity index (χ4v) is 3.91. The van der Waals surface area contributed by atoms with Crippen LogP contribution in [0, 0.1) is 13.8 Å². The molecule has 11 nitrogen and oxygen atoms in total. The summed E-state index contributed by atoms with van der Waals surface area (Å²) in [6.45, 7) is 3.56. The van der Waals surface area contributed by atoms with E-state index in [0.717, 1.165) is 22.3 Å². The molecule has 0 unspecified atom stereocenters. The molecular formula is C24H30N6O5. The molecule has 0 amide bonds. The van der Waals surface area contributed by atoms with E-state index in [1.807, 2.05) is 42.5 Å². The van der Waals surface area contributed by atoms with E-state index < -0.39 is 31.0 Å². The highest BCUT2D eigenvalue weighted by Crippen LogP contribution is 2.27. The zero-order valence-electron chi connectivity index (χ0n) is 19.5. The maximum atomic E-state index is 10.1. The van der Waals surface area contributed by atoms with Gasteiger partial charge >= 0.3 is 0 Å². The monoisotopic (exact) mass is 482 g/mol. The molecule has 3 aromatic heterocycles. The van der Waals surface area contributed by atoms with Crippen LogP contribution in [0.25, 0.3) is 16.7 Å². The molecule has 1 aromatic carbocycles. The van der Waals surface area contributed by atoms with Crippen LogP contribution in [0.2, 0.25) is 0 Å². The predicted octanol–water partition coefficient (Wildman–Crippen LogP) is 0.163. The van der Waals surface area contributed by atoms with Crippen LogP contribution >= 0.6 is 0 Å². The number of nitrogens with zero attached hydrogens (tertiary/aromatic N) is 4. The summed E-state index contributed by atoms with van der Waals surface area (Å²) in [5.74, 6) is 0.667. The first-order chi connectivity index (χ1) is 16.8. The minimum Gasteiger partial charge on any atom is -0.394 e. The third-order valence-electron chi connectivity index (χ3n) is 5.96. The second-order valence-electron chi connectivity index (χ2n) is 8.58. The lowest BCUT2D eigenvalue weighted by Gasteiger charge is -2.25. The van der Waals surface area contributed by atoms with Crippen molar-refractivity contribution < 1.29 is 25.5 Å². The Balaban J connectivity index is 1.52. The SMILES string of the molecule is Cc1cccc(C)c1Nc1nc2ccc(CNC[C@H](O)[C@@H](O)[C@H](O)[C@H](O)CO)nc2n2cncc12. The Hall–Kier alpha value is -3.19. The van der Waals surface area contributed by atoms with Gasteiger partial charge in [0.2, 0.25) is 0 Å². The zero-order chi connectivity index (χ0) is 25.1. The summed E-state index contributed by atoms with van der Waals surface area (Å²) in [7, 11) is 0. The molecule has 0 aliphatic carbocycles. The van der Waals surface area contributed by atoms with Crippen LogP contribution in [0.1, 0.15) is 16.8 Å². The summed E-state index contributed by atoms with van der Waals surface area (Å²) in [4.78, 5) is 13.7. The van der Waals surface area contributed by atoms with Crippen molar-refractivity contribution in [2.45, 2.75) is 44.8 Å². The molecule has 7 N–H and O–H groups in total. The lowest BCUT2D eigenvalue weighted by molar-refractivity contribution is -0.114. The number of nitrogens with one attached hydrogen (secondary N) is 2. The molecule has 0 aliphatic rings. The fraction of sp³-hybridized carbons (Fsp3) is 0.375. The lowest BCUT2D eigenvalue weighted by atomic mass is 10.0. The van der Waals surface area contributed by atoms with Gasteiger partial charge in [0.1, 0.15) is 35.7 Å². The standard InChI is InChI=1S/C24H30N6O5/c1-13-4-3-5-14(2)20(13)29-23-17-9-26-12-30(17)24-16(28-23)7-6-15(27-24)8-25-10-18(32)21(34)22(35)19(33)11-31/h3-7,9,12,18-19,21-22,25,31-35H,8,10-11H2,1-2H3,(H,28,29)/t18-,19+,21+,22+/m0/s1. The molecule has 4 rings (SSSR count). The molecule has 0 bridgehead atoms. The molecule has 186 valence electrons. The molecule has 0 saturated carbocycles. The Morgan fingerprint density at radius 1 is 0.943 bits per heavy atom. The van der Waals surface area contributed by atoms with Gasteiger partial charge in [-0.1, -0.05) is 18.2 Å². The Labute approximate surface area is 201 Å². The summed E-state index contributed by atoms with van der Waals surface area (Å²) < 4.78 is 1.85. The topological polar surface area (TPSA) is 168 Å². The Morgan fingerprint density at radius 3 is 2.37 bits per heavy atom. The second-order valence-corrected chi connectivity index (χ2v) is 8.58. The number of aliphatic hydroxyl groups excluding tert-OH is 5. The third-order valence-corrected chi connectivity index (χ3v) is 5.96. The smallest absolute Gasteiger partial charge is 0.164 e. The largest absolute Gasteiger partial charge is 0.394 e. The fourth-order valence-electron chi connectivity index (χ4n) is 3.91. The number of aryl methyl sites for hydroxylation is 2. The van der Waals surface area contributed by atoms with Gasteiger partial charge in [-0.25, -0.2) is 15.0 Å². The van der Waals surface area contributed by atoms with Crippen molar-refractivity contribution in [1.82, 2.24) is 24.7 Å². The summed E-state index contributed by atoms with van der Waals surface area (Å²) in [6.07, 6.45) is -2.78. The van der Waals surface area contributed by atoms with E-state index in [0.29, 0.717) is 22.7 Å². The van der Waals surface area contributed by atoms with Gasteiger partial charge in [-0.3, -0.25) is 4.40 Å². The first-order valence-electron chi connectivity index (χ1n) is 11.3. The van der Waals surface area contributed by atoms with Gasteiger partial charge in [-0.15, -0.1) is 0 Å². The first-order valence-corrected chi connectivity index (χ1v) is 11.3. The predicted molar refractivity (Wildman–Crippen MR) is 130 cm³/mol. The van der Waals surface area contributed by atoms with E-state index in [1.165, 1.54) is 0 Å². The molecule has 0 saturated heterocycles. The molecule has 0 spiro atoms. The number of hydrogen-bond donors (Lipinski definition) is 7. The van der Waals surface area contributed by atoms with Crippen molar-refractivity contribution in [3.8, 4) is 0 Å². The van der Waals surface area contributed by atoms with Crippen molar-refractivity contribution in [2.75, 3.05) is 18.5 Å². The maximum Gasteiger partial charge on any atom is 0.164 e. The quantitative estimate of drug-likeness (QED) is 0.165. The van der Waals surface area contributed by atoms with Crippen molar-refractivity contribution in [3.63, 3.8) is 0 Å².